The van der Waals surface area contributed by atoms with Crippen LogP contribution in [0.4, 0.5) is 0 Å². The van der Waals surface area contributed by atoms with Gasteiger partial charge in [-0.05, 0) is 53.7 Å². The van der Waals surface area contributed by atoms with E-state index < -0.39 is 0 Å². The van der Waals surface area contributed by atoms with Gasteiger partial charge in [-0.25, -0.2) is 0 Å². The van der Waals surface area contributed by atoms with Crippen molar-refractivity contribution in [2.45, 2.75) is 57.1 Å². The van der Waals surface area contributed by atoms with Crippen molar-refractivity contribution in [1.82, 2.24) is 5.32 Å². The highest BCUT2D eigenvalue weighted by Crippen LogP contribution is 2.32. The zero-order chi connectivity index (χ0) is 13.2. The molecule has 1 saturated carbocycles. The molecule has 1 aromatic heterocycles. The van der Waals surface area contributed by atoms with E-state index >= 15 is 0 Å². The molecule has 1 aromatic rings. The zero-order valence-corrected chi connectivity index (χ0v) is 13.5. The van der Waals surface area contributed by atoms with Crippen LogP contribution in [-0.4, -0.2) is 23.8 Å². The van der Waals surface area contributed by atoms with E-state index in [4.69, 9.17) is 0 Å². The lowest BCUT2D eigenvalue weighted by Crippen LogP contribution is -2.41. The van der Waals surface area contributed by atoms with Crippen molar-refractivity contribution < 1.29 is 5.11 Å². The van der Waals surface area contributed by atoms with Crippen molar-refractivity contribution in [1.29, 1.82) is 0 Å². The van der Waals surface area contributed by atoms with Crippen LogP contribution in [0.5, 0.6) is 0 Å². The van der Waals surface area contributed by atoms with E-state index in [1.165, 1.54) is 8.66 Å². The van der Waals surface area contributed by atoms with Crippen LogP contribution in [0, 0.1) is 0 Å². The van der Waals surface area contributed by atoms with Crippen molar-refractivity contribution >= 4 is 27.3 Å². The summed E-state index contributed by atoms with van der Waals surface area (Å²) in [4.78, 5) is 1.41. The molecule has 102 valence electrons. The van der Waals surface area contributed by atoms with Crippen LogP contribution in [0.1, 0.15) is 44.4 Å². The van der Waals surface area contributed by atoms with E-state index in [0.717, 1.165) is 32.2 Å². The smallest absolute Gasteiger partial charge is 0.0701 e. The van der Waals surface area contributed by atoms with Crippen molar-refractivity contribution in [2.24, 2.45) is 0 Å². The Balaban J connectivity index is 1.85. The monoisotopic (exact) mass is 331 g/mol. The molecule has 18 heavy (non-hydrogen) atoms. The summed E-state index contributed by atoms with van der Waals surface area (Å²) in [7, 11) is 0. The second-order valence-corrected chi connectivity index (χ2v) is 8.34. The zero-order valence-electron chi connectivity index (χ0n) is 11.1. The highest BCUT2D eigenvalue weighted by Gasteiger charge is 2.25. The molecule has 0 amide bonds. The number of halogens is 1. The van der Waals surface area contributed by atoms with Gasteiger partial charge in [0.15, 0.2) is 0 Å². The first-order chi connectivity index (χ1) is 8.47. The molecule has 0 atom stereocenters. The molecule has 2 rings (SSSR count). The van der Waals surface area contributed by atoms with Crippen molar-refractivity contribution in [3.63, 3.8) is 0 Å². The number of rotatable bonds is 4. The number of thiophene rings is 1. The Bertz CT molecular complexity index is 383. The van der Waals surface area contributed by atoms with E-state index in [1.807, 2.05) is 11.3 Å². The predicted octanol–water partition coefficient (Wildman–Crippen LogP) is 3.68. The highest BCUT2D eigenvalue weighted by atomic mass is 79.9. The fraction of sp³-hybridized carbons (Fsp3) is 0.714. The molecule has 1 heterocycles. The molecule has 0 spiro atoms. The first-order valence-electron chi connectivity index (χ1n) is 6.64. The number of nitrogens with one attached hydrogen (secondary N) is 1. The molecule has 0 saturated heterocycles. The number of hydrogen-bond donors (Lipinski definition) is 2. The second kappa shape index (κ2) is 6.04. The summed E-state index contributed by atoms with van der Waals surface area (Å²) in [6.45, 7) is 5.58. The third kappa shape index (κ3) is 3.80. The van der Waals surface area contributed by atoms with Gasteiger partial charge in [0, 0.05) is 22.9 Å². The van der Waals surface area contributed by atoms with E-state index in [0.29, 0.717) is 6.04 Å². The third-order valence-electron chi connectivity index (χ3n) is 3.77. The maximum Gasteiger partial charge on any atom is 0.0701 e. The Kier molecular flexibility index (Phi) is 4.86. The topological polar surface area (TPSA) is 32.3 Å². The molecule has 0 aliphatic heterocycles. The van der Waals surface area contributed by atoms with Crippen LogP contribution < -0.4 is 5.32 Å². The van der Waals surface area contributed by atoms with E-state index in [-0.39, 0.29) is 11.5 Å². The summed E-state index contributed by atoms with van der Waals surface area (Å²) >= 11 is 5.35. The van der Waals surface area contributed by atoms with Crippen LogP contribution in [0.2, 0.25) is 0 Å². The van der Waals surface area contributed by atoms with Gasteiger partial charge < -0.3 is 10.4 Å². The summed E-state index contributed by atoms with van der Waals surface area (Å²) in [5.74, 6) is 0. The average molecular weight is 332 g/mol. The Morgan fingerprint density at radius 1 is 1.33 bits per heavy atom. The van der Waals surface area contributed by atoms with Crippen LogP contribution in [0.3, 0.4) is 0 Å². The summed E-state index contributed by atoms with van der Waals surface area (Å²) in [6.07, 6.45) is 4.03. The molecule has 1 aliphatic carbocycles. The minimum atomic E-state index is -0.0655. The lowest BCUT2D eigenvalue weighted by Gasteiger charge is -2.31. The standard InChI is InChI=1S/C14H22BrNOS/c1-14(2,12-7-8-13(15)18-12)9-16-10-3-5-11(17)6-4-10/h7-8,10-11,16-17H,3-6,9H2,1-2H3. The second-order valence-electron chi connectivity index (χ2n) is 5.87. The number of aliphatic hydroxyl groups excluding tert-OH is 1. The average Bonchev–Trinajstić information content (AvgIpc) is 2.76. The van der Waals surface area contributed by atoms with Crippen molar-refractivity contribution in [3.05, 3.63) is 20.8 Å². The van der Waals surface area contributed by atoms with Gasteiger partial charge in [0.25, 0.3) is 0 Å². The SMILES string of the molecule is CC(C)(CNC1CCC(O)CC1)c1ccc(Br)s1. The third-order valence-corrected chi connectivity index (χ3v) is 5.76. The van der Waals surface area contributed by atoms with Gasteiger partial charge >= 0.3 is 0 Å². The van der Waals surface area contributed by atoms with Gasteiger partial charge in [0.2, 0.25) is 0 Å². The Morgan fingerprint density at radius 3 is 2.56 bits per heavy atom. The van der Waals surface area contributed by atoms with Gasteiger partial charge in [-0.3, -0.25) is 0 Å². The maximum atomic E-state index is 9.50. The maximum absolute atomic E-state index is 9.50. The lowest BCUT2D eigenvalue weighted by molar-refractivity contribution is 0.115. The molecule has 0 aromatic carbocycles. The van der Waals surface area contributed by atoms with E-state index in [1.54, 1.807) is 0 Å². The Morgan fingerprint density at radius 2 is 2.00 bits per heavy atom. The normalized spacial score (nSPS) is 25.3. The molecular formula is C14H22BrNOS. The fourth-order valence-corrected chi connectivity index (χ4v) is 3.93. The van der Waals surface area contributed by atoms with Gasteiger partial charge in [0.05, 0.1) is 9.89 Å². The summed E-state index contributed by atoms with van der Waals surface area (Å²) in [5.41, 5.74) is 0.173. The first-order valence-corrected chi connectivity index (χ1v) is 8.25. The molecule has 0 bridgehead atoms. The molecule has 4 heteroatoms. The molecular weight excluding hydrogens is 310 g/mol. The minimum absolute atomic E-state index is 0.0655. The highest BCUT2D eigenvalue weighted by molar-refractivity contribution is 9.11. The lowest BCUT2D eigenvalue weighted by atomic mass is 9.89. The van der Waals surface area contributed by atoms with Crippen molar-refractivity contribution in [3.8, 4) is 0 Å². The molecule has 1 aliphatic rings. The van der Waals surface area contributed by atoms with Crippen molar-refractivity contribution in [2.75, 3.05) is 6.54 Å². The van der Waals surface area contributed by atoms with Gasteiger partial charge in [0.1, 0.15) is 0 Å². The van der Waals surface area contributed by atoms with Gasteiger partial charge in [-0.15, -0.1) is 11.3 Å². The van der Waals surface area contributed by atoms with E-state index in [2.05, 4.69) is 47.2 Å². The number of aliphatic hydroxyl groups is 1. The van der Waals surface area contributed by atoms with Crippen LogP contribution in [0.15, 0.2) is 15.9 Å². The molecule has 0 unspecified atom stereocenters. The van der Waals surface area contributed by atoms with E-state index in [9.17, 15) is 5.11 Å². The number of hydrogen-bond acceptors (Lipinski definition) is 3. The summed E-state index contributed by atoms with van der Waals surface area (Å²) in [6, 6.07) is 4.91. The molecule has 2 nitrogen and oxygen atoms in total. The Labute approximate surface area is 122 Å². The molecule has 2 N–H and O–H groups in total. The summed E-state index contributed by atoms with van der Waals surface area (Å²) in [5, 5.41) is 13.2. The summed E-state index contributed by atoms with van der Waals surface area (Å²) < 4.78 is 1.20. The molecule has 1 fully saturated rings. The predicted molar refractivity (Wildman–Crippen MR) is 81.3 cm³/mol. The van der Waals surface area contributed by atoms with Gasteiger partial charge in [-0.2, -0.15) is 0 Å². The van der Waals surface area contributed by atoms with Crippen LogP contribution in [0.25, 0.3) is 0 Å². The van der Waals surface area contributed by atoms with Crippen LogP contribution in [-0.2, 0) is 5.41 Å². The quantitative estimate of drug-likeness (QED) is 0.882. The fourth-order valence-electron chi connectivity index (χ4n) is 2.44. The minimum Gasteiger partial charge on any atom is -0.393 e. The largest absolute Gasteiger partial charge is 0.393 e. The first kappa shape index (κ1) is 14.5. The molecule has 0 radical (unpaired) electrons. The Hall–Kier alpha value is 0.1000. The van der Waals surface area contributed by atoms with Gasteiger partial charge in [-0.1, -0.05) is 13.8 Å². The van der Waals surface area contributed by atoms with Crippen LogP contribution >= 0.6 is 27.3 Å².